The second-order valence-corrected chi connectivity index (χ2v) is 5.84. The van der Waals surface area contributed by atoms with E-state index in [0.29, 0.717) is 0 Å². The molecule has 86 valence electrons. The molecule has 1 saturated carbocycles. The molecular weight excluding hydrogens is 198 g/mol. The lowest BCUT2D eigenvalue weighted by Crippen LogP contribution is -2.32. The van der Waals surface area contributed by atoms with Gasteiger partial charge in [0.15, 0.2) is 0 Å². The second-order valence-electron chi connectivity index (χ2n) is 5.84. The van der Waals surface area contributed by atoms with Crippen LogP contribution in [-0.4, -0.2) is 5.60 Å². The van der Waals surface area contributed by atoms with Crippen LogP contribution >= 0.6 is 0 Å². The van der Waals surface area contributed by atoms with Crippen molar-refractivity contribution in [3.05, 3.63) is 29.3 Å². The van der Waals surface area contributed by atoms with Gasteiger partial charge < -0.3 is 10.5 Å². The average Bonchev–Trinajstić information content (AvgIpc) is 2.95. The molecule has 0 atom stereocenters. The molecular formula is C14H19NO. The molecule has 0 amide bonds. The van der Waals surface area contributed by atoms with E-state index in [-0.39, 0.29) is 11.1 Å². The van der Waals surface area contributed by atoms with Crippen LogP contribution in [0.5, 0.6) is 5.75 Å². The molecule has 1 aliphatic carbocycles. The van der Waals surface area contributed by atoms with E-state index in [1.807, 2.05) is 0 Å². The maximum atomic E-state index is 6.21. The van der Waals surface area contributed by atoms with E-state index in [2.05, 4.69) is 32.0 Å². The van der Waals surface area contributed by atoms with Crippen molar-refractivity contribution >= 4 is 0 Å². The first-order valence-corrected chi connectivity index (χ1v) is 6.10. The van der Waals surface area contributed by atoms with E-state index in [4.69, 9.17) is 10.5 Å². The summed E-state index contributed by atoms with van der Waals surface area (Å²) in [7, 11) is 0. The minimum absolute atomic E-state index is 0.0308. The highest BCUT2D eigenvalue weighted by Crippen LogP contribution is 2.45. The fraction of sp³-hybridized carbons (Fsp3) is 0.571. The summed E-state index contributed by atoms with van der Waals surface area (Å²) < 4.78 is 6.03. The van der Waals surface area contributed by atoms with Crippen LogP contribution < -0.4 is 10.5 Å². The Morgan fingerprint density at radius 3 is 2.62 bits per heavy atom. The summed E-state index contributed by atoms with van der Waals surface area (Å²) >= 11 is 0. The zero-order valence-corrected chi connectivity index (χ0v) is 10.0. The SMILES string of the molecule is CC1(C)CCc2ccc(C3(N)CC3)cc2O1. The van der Waals surface area contributed by atoms with E-state index in [9.17, 15) is 0 Å². The number of benzene rings is 1. The number of rotatable bonds is 1. The van der Waals surface area contributed by atoms with Crippen molar-refractivity contribution in [2.24, 2.45) is 5.73 Å². The van der Waals surface area contributed by atoms with E-state index in [1.54, 1.807) is 0 Å². The minimum Gasteiger partial charge on any atom is -0.488 e. The summed E-state index contributed by atoms with van der Waals surface area (Å²) in [5.74, 6) is 1.05. The first-order valence-electron chi connectivity index (χ1n) is 6.10. The molecule has 2 heteroatoms. The van der Waals surface area contributed by atoms with Crippen molar-refractivity contribution in [3.8, 4) is 5.75 Å². The lowest BCUT2D eigenvalue weighted by atomic mass is 9.92. The molecule has 1 aliphatic heterocycles. The van der Waals surface area contributed by atoms with Gasteiger partial charge in [-0.3, -0.25) is 0 Å². The highest BCUT2D eigenvalue weighted by Gasteiger charge is 2.40. The molecule has 16 heavy (non-hydrogen) atoms. The average molecular weight is 217 g/mol. The van der Waals surface area contributed by atoms with Crippen LogP contribution in [0, 0.1) is 0 Å². The lowest BCUT2D eigenvalue weighted by molar-refractivity contribution is 0.0845. The van der Waals surface area contributed by atoms with Crippen LogP contribution in [0.3, 0.4) is 0 Å². The predicted octanol–water partition coefficient (Wildman–Crippen LogP) is 2.74. The summed E-state index contributed by atoms with van der Waals surface area (Å²) in [4.78, 5) is 0. The van der Waals surface area contributed by atoms with E-state index >= 15 is 0 Å². The summed E-state index contributed by atoms with van der Waals surface area (Å²) in [5, 5.41) is 0. The largest absolute Gasteiger partial charge is 0.488 e. The second kappa shape index (κ2) is 3.01. The maximum Gasteiger partial charge on any atom is 0.123 e. The van der Waals surface area contributed by atoms with E-state index in [1.165, 1.54) is 11.1 Å². The van der Waals surface area contributed by atoms with Gasteiger partial charge in [0, 0.05) is 5.54 Å². The molecule has 1 fully saturated rings. The van der Waals surface area contributed by atoms with Crippen molar-refractivity contribution in [2.75, 3.05) is 0 Å². The van der Waals surface area contributed by atoms with Crippen molar-refractivity contribution in [1.82, 2.24) is 0 Å². The normalized spacial score (nSPS) is 24.4. The highest BCUT2D eigenvalue weighted by molar-refractivity contribution is 5.43. The molecule has 0 radical (unpaired) electrons. The molecule has 1 aromatic carbocycles. The Bertz CT molecular complexity index is 432. The summed E-state index contributed by atoms with van der Waals surface area (Å²) in [6, 6.07) is 6.52. The molecule has 0 saturated heterocycles. The molecule has 0 spiro atoms. The minimum atomic E-state index is -0.0556. The third-order valence-corrected chi connectivity index (χ3v) is 3.81. The van der Waals surface area contributed by atoms with Gasteiger partial charge in [-0.05, 0) is 56.7 Å². The van der Waals surface area contributed by atoms with Crippen LogP contribution in [0.1, 0.15) is 44.2 Å². The molecule has 3 rings (SSSR count). The zero-order valence-electron chi connectivity index (χ0n) is 10.0. The van der Waals surface area contributed by atoms with Gasteiger partial charge in [-0.25, -0.2) is 0 Å². The first-order chi connectivity index (χ1) is 7.49. The van der Waals surface area contributed by atoms with Crippen molar-refractivity contribution < 1.29 is 4.74 Å². The van der Waals surface area contributed by atoms with Crippen LogP contribution in [0.2, 0.25) is 0 Å². The van der Waals surface area contributed by atoms with Crippen molar-refractivity contribution in [2.45, 2.75) is 50.7 Å². The molecule has 0 aromatic heterocycles. The van der Waals surface area contributed by atoms with Crippen molar-refractivity contribution in [1.29, 1.82) is 0 Å². The topological polar surface area (TPSA) is 35.2 Å². The summed E-state index contributed by atoms with van der Waals surface area (Å²) in [6.45, 7) is 4.30. The fourth-order valence-corrected chi connectivity index (χ4v) is 2.37. The number of nitrogens with two attached hydrogens (primary N) is 1. The van der Waals surface area contributed by atoms with Crippen LogP contribution in [0.25, 0.3) is 0 Å². The Kier molecular flexibility index (Phi) is 1.91. The molecule has 1 aromatic rings. The quantitative estimate of drug-likeness (QED) is 0.785. The first kappa shape index (κ1) is 10.2. The van der Waals surface area contributed by atoms with Gasteiger partial charge in [-0.1, -0.05) is 12.1 Å². The van der Waals surface area contributed by atoms with E-state index < -0.39 is 0 Å². The van der Waals surface area contributed by atoms with Crippen LogP contribution in [-0.2, 0) is 12.0 Å². The molecule has 2 aliphatic rings. The number of fused-ring (bicyclic) bond motifs is 1. The maximum absolute atomic E-state index is 6.21. The highest BCUT2D eigenvalue weighted by atomic mass is 16.5. The number of aryl methyl sites for hydroxylation is 1. The Labute approximate surface area is 96.8 Å². The van der Waals surface area contributed by atoms with Gasteiger partial charge in [0.05, 0.1) is 0 Å². The Morgan fingerprint density at radius 2 is 1.94 bits per heavy atom. The van der Waals surface area contributed by atoms with Gasteiger partial charge in [0.1, 0.15) is 11.4 Å². The Balaban J connectivity index is 1.98. The van der Waals surface area contributed by atoms with Crippen molar-refractivity contribution in [3.63, 3.8) is 0 Å². The van der Waals surface area contributed by atoms with Crippen LogP contribution in [0.15, 0.2) is 18.2 Å². The number of hydrogen-bond acceptors (Lipinski definition) is 2. The zero-order chi connectivity index (χ0) is 11.4. The van der Waals surface area contributed by atoms with E-state index in [0.717, 1.165) is 31.4 Å². The third kappa shape index (κ3) is 1.61. The lowest BCUT2D eigenvalue weighted by Gasteiger charge is -2.33. The Hall–Kier alpha value is -1.02. The number of hydrogen-bond donors (Lipinski definition) is 1. The molecule has 0 unspecified atom stereocenters. The summed E-state index contributed by atoms with van der Waals surface area (Å²) in [5.41, 5.74) is 8.69. The number of ether oxygens (including phenoxy) is 1. The monoisotopic (exact) mass is 217 g/mol. The molecule has 0 bridgehead atoms. The van der Waals surface area contributed by atoms with Gasteiger partial charge >= 0.3 is 0 Å². The smallest absolute Gasteiger partial charge is 0.123 e. The molecule has 1 heterocycles. The van der Waals surface area contributed by atoms with Crippen LogP contribution in [0.4, 0.5) is 0 Å². The van der Waals surface area contributed by atoms with Gasteiger partial charge in [-0.15, -0.1) is 0 Å². The fourth-order valence-electron chi connectivity index (χ4n) is 2.37. The summed E-state index contributed by atoms with van der Waals surface area (Å²) in [6.07, 6.45) is 4.41. The Morgan fingerprint density at radius 1 is 1.19 bits per heavy atom. The van der Waals surface area contributed by atoms with Gasteiger partial charge in [0.25, 0.3) is 0 Å². The van der Waals surface area contributed by atoms with Gasteiger partial charge in [0.2, 0.25) is 0 Å². The third-order valence-electron chi connectivity index (χ3n) is 3.81. The molecule has 2 nitrogen and oxygen atoms in total. The standard InChI is InChI=1S/C14H19NO/c1-13(2)6-5-10-3-4-11(9-12(10)16-13)14(15)7-8-14/h3-4,9H,5-8,15H2,1-2H3. The molecule has 2 N–H and O–H groups in total. The van der Waals surface area contributed by atoms with Gasteiger partial charge in [-0.2, -0.15) is 0 Å². The predicted molar refractivity (Wildman–Crippen MR) is 64.6 cm³/mol.